The van der Waals surface area contributed by atoms with Gasteiger partial charge in [-0.15, -0.1) is 0 Å². The normalized spacial score (nSPS) is 27.3. The predicted molar refractivity (Wildman–Crippen MR) is 93.6 cm³/mol. The summed E-state index contributed by atoms with van der Waals surface area (Å²) in [4.78, 5) is 15.1. The Morgan fingerprint density at radius 1 is 1.33 bits per heavy atom. The molecule has 1 aromatic rings. The highest BCUT2D eigenvalue weighted by Crippen LogP contribution is 2.28. The molecule has 0 unspecified atom stereocenters. The lowest BCUT2D eigenvalue weighted by Gasteiger charge is -2.37. The minimum atomic E-state index is 0.242. The number of ether oxygens (including phenoxy) is 1. The second-order valence-corrected chi connectivity index (χ2v) is 7.62. The van der Waals surface area contributed by atoms with Crippen LogP contribution in [0.5, 0.6) is 0 Å². The monoisotopic (exact) mass is 333 g/mol. The third-order valence-electron chi connectivity index (χ3n) is 5.56. The number of carbonyl (C=O) groups excluding carboxylic acids is 1. The van der Waals surface area contributed by atoms with Gasteiger partial charge in [-0.3, -0.25) is 9.48 Å². The molecule has 1 saturated carbocycles. The zero-order chi connectivity index (χ0) is 16.9. The Labute approximate surface area is 145 Å². The Morgan fingerprint density at radius 3 is 2.75 bits per heavy atom. The maximum atomic E-state index is 12.9. The summed E-state index contributed by atoms with van der Waals surface area (Å²) in [7, 11) is 1.91. The fourth-order valence-corrected chi connectivity index (χ4v) is 4.01. The maximum absolute atomic E-state index is 12.9. The van der Waals surface area contributed by atoms with E-state index >= 15 is 0 Å². The van der Waals surface area contributed by atoms with E-state index in [4.69, 9.17) is 4.74 Å². The van der Waals surface area contributed by atoms with Gasteiger partial charge in [0.25, 0.3) is 0 Å². The molecule has 134 valence electrons. The summed E-state index contributed by atoms with van der Waals surface area (Å²) in [5.41, 5.74) is 1.14. The number of aryl methyl sites for hydroxylation is 2. The van der Waals surface area contributed by atoms with Crippen molar-refractivity contribution in [1.82, 2.24) is 14.7 Å². The molecule has 1 atom stereocenters. The van der Waals surface area contributed by atoms with Gasteiger partial charge in [-0.1, -0.05) is 6.92 Å². The molecule has 1 saturated heterocycles. The summed E-state index contributed by atoms with van der Waals surface area (Å²) in [5, 5.41) is 4.19. The summed E-state index contributed by atoms with van der Waals surface area (Å²) in [6, 6.07) is 0.409. The van der Waals surface area contributed by atoms with Gasteiger partial charge in [0.15, 0.2) is 0 Å². The zero-order valence-corrected chi connectivity index (χ0v) is 15.1. The molecule has 0 spiro atoms. The van der Waals surface area contributed by atoms with Gasteiger partial charge in [-0.25, -0.2) is 0 Å². The average molecular weight is 333 g/mol. The van der Waals surface area contributed by atoms with Gasteiger partial charge < -0.3 is 9.64 Å². The van der Waals surface area contributed by atoms with Crippen molar-refractivity contribution in [3.05, 3.63) is 18.0 Å². The summed E-state index contributed by atoms with van der Waals surface area (Å²) in [6.45, 7) is 3.96. The van der Waals surface area contributed by atoms with Gasteiger partial charge in [-0.2, -0.15) is 5.10 Å². The van der Waals surface area contributed by atoms with Crippen LogP contribution in [0.25, 0.3) is 0 Å². The average Bonchev–Trinajstić information content (AvgIpc) is 3.23. The van der Waals surface area contributed by atoms with Crippen molar-refractivity contribution in [1.29, 1.82) is 0 Å². The van der Waals surface area contributed by atoms with Crippen LogP contribution in [0.2, 0.25) is 0 Å². The van der Waals surface area contributed by atoms with Crippen LogP contribution in [0.1, 0.15) is 57.4 Å². The topological polar surface area (TPSA) is 47.4 Å². The Bertz CT molecular complexity index is 528. The number of carbonyl (C=O) groups is 1. The third-order valence-corrected chi connectivity index (χ3v) is 5.56. The lowest BCUT2D eigenvalue weighted by Crippen LogP contribution is -2.46. The lowest BCUT2D eigenvalue weighted by atomic mass is 9.86. The van der Waals surface area contributed by atoms with E-state index in [-0.39, 0.29) is 12.0 Å². The van der Waals surface area contributed by atoms with Crippen molar-refractivity contribution in [3.63, 3.8) is 0 Å². The van der Waals surface area contributed by atoms with Crippen LogP contribution in [0, 0.1) is 5.92 Å². The Kier molecular flexibility index (Phi) is 5.93. The highest BCUT2D eigenvalue weighted by Gasteiger charge is 2.30. The molecular formula is C19H31N3O2. The van der Waals surface area contributed by atoms with E-state index < -0.39 is 0 Å². The molecule has 24 heavy (non-hydrogen) atoms. The Balaban J connectivity index is 1.59. The quantitative estimate of drug-likeness (QED) is 0.804. The van der Waals surface area contributed by atoms with Crippen molar-refractivity contribution in [2.24, 2.45) is 13.0 Å². The maximum Gasteiger partial charge on any atom is 0.223 e. The molecule has 2 fully saturated rings. The molecule has 2 aliphatic rings. The molecule has 3 rings (SSSR count). The molecular weight excluding hydrogens is 302 g/mol. The number of rotatable bonds is 6. The molecule has 0 aromatic carbocycles. The molecule has 5 heteroatoms. The minimum Gasteiger partial charge on any atom is -0.376 e. The Hall–Kier alpha value is -1.36. The number of hydrogen-bond donors (Lipinski definition) is 0. The van der Waals surface area contributed by atoms with Crippen LogP contribution in [-0.2, 0) is 23.0 Å². The van der Waals surface area contributed by atoms with Crippen molar-refractivity contribution >= 4 is 5.91 Å². The molecule has 2 heterocycles. The van der Waals surface area contributed by atoms with Crippen LogP contribution in [0.15, 0.2) is 12.4 Å². The van der Waals surface area contributed by atoms with Crippen LogP contribution in [-0.4, -0.2) is 45.9 Å². The van der Waals surface area contributed by atoms with Gasteiger partial charge in [0.05, 0.1) is 12.3 Å². The largest absolute Gasteiger partial charge is 0.376 e. The van der Waals surface area contributed by atoms with E-state index in [1.165, 1.54) is 12.8 Å². The summed E-state index contributed by atoms with van der Waals surface area (Å²) in [6.07, 6.45) is 12.4. The number of amides is 1. The molecule has 5 nitrogen and oxygen atoms in total. The molecule has 1 aliphatic heterocycles. The van der Waals surface area contributed by atoms with E-state index in [9.17, 15) is 4.79 Å². The molecule has 1 aromatic heterocycles. The number of nitrogens with zero attached hydrogens (tertiary/aromatic N) is 3. The second kappa shape index (κ2) is 8.15. The molecule has 0 bridgehead atoms. The molecule has 1 amide bonds. The first-order chi connectivity index (χ1) is 11.6. The fraction of sp³-hybridized carbons (Fsp3) is 0.789. The second-order valence-electron chi connectivity index (χ2n) is 7.62. The standard InChI is InChI=1S/C19H31N3O2/c1-15-5-8-17(9-6-15)22(14-18-4-3-11-24-18)19(23)10-7-16-12-20-21(2)13-16/h12-13,15,17-18H,3-11,14H2,1-2H3/t15?,17?,18-/m0/s1. The SMILES string of the molecule is CC1CCC(N(C[C@@H]2CCCO2)C(=O)CCc2cnn(C)c2)CC1. The smallest absolute Gasteiger partial charge is 0.223 e. The van der Waals surface area contributed by atoms with Gasteiger partial charge in [-0.05, 0) is 56.4 Å². The zero-order valence-electron chi connectivity index (χ0n) is 15.1. The Morgan fingerprint density at radius 2 is 2.12 bits per heavy atom. The van der Waals surface area contributed by atoms with E-state index in [0.29, 0.717) is 12.5 Å². The van der Waals surface area contributed by atoms with Crippen LogP contribution >= 0.6 is 0 Å². The lowest BCUT2D eigenvalue weighted by molar-refractivity contribution is -0.136. The first-order valence-corrected chi connectivity index (χ1v) is 9.50. The van der Waals surface area contributed by atoms with E-state index in [2.05, 4.69) is 16.9 Å². The van der Waals surface area contributed by atoms with Gasteiger partial charge in [0, 0.05) is 38.9 Å². The highest BCUT2D eigenvalue weighted by atomic mass is 16.5. The number of hydrogen-bond acceptors (Lipinski definition) is 3. The van der Waals surface area contributed by atoms with Crippen LogP contribution < -0.4 is 0 Å². The van der Waals surface area contributed by atoms with Crippen LogP contribution in [0.4, 0.5) is 0 Å². The summed E-state index contributed by atoms with van der Waals surface area (Å²) in [5.74, 6) is 1.09. The van der Waals surface area contributed by atoms with Crippen molar-refractivity contribution in [2.75, 3.05) is 13.2 Å². The van der Waals surface area contributed by atoms with Gasteiger partial charge in [0.2, 0.25) is 5.91 Å². The number of aromatic nitrogens is 2. The van der Waals surface area contributed by atoms with E-state index in [0.717, 1.165) is 56.7 Å². The van der Waals surface area contributed by atoms with E-state index in [1.54, 1.807) is 4.68 Å². The van der Waals surface area contributed by atoms with Crippen LogP contribution in [0.3, 0.4) is 0 Å². The van der Waals surface area contributed by atoms with E-state index in [1.807, 2.05) is 19.4 Å². The first kappa shape index (κ1) is 17.5. The minimum absolute atomic E-state index is 0.242. The van der Waals surface area contributed by atoms with Gasteiger partial charge in [0.1, 0.15) is 0 Å². The fourth-order valence-electron chi connectivity index (χ4n) is 4.01. The summed E-state index contributed by atoms with van der Waals surface area (Å²) < 4.78 is 7.60. The third kappa shape index (κ3) is 4.59. The molecule has 0 radical (unpaired) electrons. The van der Waals surface area contributed by atoms with Crippen molar-refractivity contribution in [2.45, 2.75) is 70.4 Å². The van der Waals surface area contributed by atoms with Crippen molar-refractivity contribution < 1.29 is 9.53 Å². The first-order valence-electron chi connectivity index (χ1n) is 9.50. The van der Waals surface area contributed by atoms with Gasteiger partial charge >= 0.3 is 0 Å². The van der Waals surface area contributed by atoms with Crippen molar-refractivity contribution in [3.8, 4) is 0 Å². The molecule has 1 aliphatic carbocycles. The highest BCUT2D eigenvalue weighted by molar-refractivity contribution is 5.76. The predicted octanol–water partition coefficient (Wildman–Crippen LogP) is 2.94. The molecule has 0 N–H and O–H groups in total. The summed E-state index contributed by atoms with van der Waals surface area (Å²) >= 11 is 0.